The van der Waals surface area contributed by atoms with E-state index >= 15 is 0 Å². The Balaban J connectivity index is 1.62. The number of carbonyl (C=O) groups excluding carboxylic acids is 2. The topological polar surface area (TPSA) is 89.6 Å². The van der Waals surface area contributed by atoms with Crippen molar-refractivity contribution in [3.63, 3.8) is 0 Å². The zero-order valence-corrected chi connectivity index (χ0v) is 18.6. The average Bonchev–Trinajstić information content (AvgIpc) is 3.33. The van der Waals surface area contributed by atoms with Gasteiger partial charge in [0.05, 0.1) is 16.6 Å². The molecule has 5 rings (SSSR count). The molecule has 0 radical (unpaired) electrons. The van der Waals surface area contributed by atoms with Gasteiger partial charge in [-0.1, -0.05) is 41.6 Å². The summed E-state index contributed by atoms with van der Waals surface area (Å²) in [6.45, 7) is 4.31. The van der Waals surface area contributed by atoms with Gasteiger partial charge in [0.2, 0.25) is 17.6 Å². The van der Waals surface area contributed by atoms with E-state index in [0.29, 0.717) is 34.1 Å². The minimum Gasteiger partial charge on any atom is -0.282 e. The van der Waals surface area contributed by atoms with Gasteiger partial charge < -0.3 is 0 Å². The van der Waals surface area contributed by atoms with E-state index in [1.54, 1.807) is 10.6 Å². The number of hydrogen-bond acceptors (Lipinski definition) is 6. The van der Waals surface area contributed by atoms with Gasteiger partial charge in [0, 0.05) is 25.1 Å². The fraction of sp³-hybridized carbons (Fsp3) is 0.261. The summed E-state index contributed by atoms with van der Waals surface area (Å²) in [5.41, 5.74) is 3.40. The lowest BCUT2D eigenvalue weighted by atomic mass is 10.1. The summed E-state index contributed by atoms with van der Waals surface area (Å²) in [5.74, 6) is 0.665. The van der Waals surface area contributed by atoms with Crippen molar-refractivity contribution in [1.82, 2.24) is 24.1 Å². The number of nitrogens with zero attached hydrogens (tertiary/aromatic N) is 5. The van der Waals surface area contributed by atoms with Gasteiger partial charge in [-0.2, -0.15) is 0 Å². The van der Waals surface area contributed by atoms with Crippen LogP contribution in [-0.2, 0) is 9.59 Å². The van der Waals surface area contributed by atoms with Crippen LogP contribution in [0.2, 0.25) is 0 Å². The zero-order chi connectivity index (χ0) is 22.4. The number of hydrogen-bond donors (Lipinski definition) is 0. The first-order chi connectivity index (χ1) is 15.5. The van der Waals surface area contributed by atoms with Crippen LogP contribution in [0.3, 0.4) is 0 Å². The molecular formula is C23H21N5O3S. The van der Waals surface area contributed by atoms with Crippen LogP contribution in [-0.4, -0.2) is 48.2 Å². The quantitative estimate of drug-likeness (QED) is 0.345. The zero-order valence-electron chi connectivity index (χ0n) is 17.7. The predicted molar refractivity (Wildman–Crippen MR) is 122 cm³/mol. The van der Waals surface area contributed by atoms with E-state index in [-0.39, 0.29) is 30.2 Å². The van der Waals surface area contributed by atoms with E-state index in [1.807, 2.05) is 54.6 Å². The minimum absolute atomic E-state index is 0.129. The molecular weight excluding hydrogens is 426 g/mol. The van der Waals surface area contributed by atoms with E-state index in [1.165, 1.54) is 16.7 Å². The van der Waals surface area contributed by atoms with Crippen LogP contribution in [0.5, 0.6) is 0 Å². The van der Waals surface area contributed by atoms with Crippen LogP contribution in [0.1, 0.15) is 24.0 Å². The Hall–Kier alpha value is -3.46. The number of aromatic nitrogens is 4. The van der Waals surface area contributed by atoms with Gasteiger partial charge in [-0.05, 0) is 37.6 Å². The number of amides is 2. The van der Waals surface area contributed by atoms with Gasteiger partial charge in [-0.25, -0.2) is 4.57 Å². The highest BCUT2D eigenvalue weighted by Gasteiger charge is 2.28. The fourth-order valence-corrected chi connectivity index (χ4v) is 5.01. The summed E-state index contributed by atoms with van der Waals surface area (Å²) < 4.78 is 3.47. The molecule has 1 aliphatic rings. The molecule has 32 heavy (non-hydrogen) atoms. The number of thioether (sulfide) groups is 1. The van der Waals surface area contributed by atoms with E-state index in [4.69, 9.17) is 0 Å². The molecule has 2 aromatic heterocycles. The van der Waals surface area contributed by atoms with Crippen molar-refractivity contribution in [2.75, 3.05) is 12.3 Å². The molecule has 4 aromatic rings. The number of para-hydroxylation sites is 1. The summed E-state index contributed by atoms with van der Waals surface area (Å²) in [6.07, 6.45) is 0.564. The first-order valence-electron chi connectivity index (χ1n) is 10.4. The van der Waals surface area contributed by atoms with Crippen LogP contribution in [0.4, 0.5) is 0 Å². The standard InChI is InChI=1S/C23H21N5O3S/c1-14-7-8-17(15(2)13-14)27-21(31)16-5-3-4-6-18(16)28-22(27)24-25-23(28)32-12-11-26-19(29)9-10-20(26)30/h3-8,13H,9-12H2,1-2H3. The third-order valence-electron chi connectivity index (χ3n) is 5.69. The Labute approximate surface area is 187 Å². The molecule has 2 aromatic carbocycles. The molecule has 162 valence electrons. The van der Waals surface area contributed by atoms with E-state index < -0.39 is 0 Å². The molecule has 0 saturated carbocycles. The normalized spacial score (nSPS) is 14.2. The number of imide groups is 1. The lowest BCUT2D eigenvalue weighted by Gasteiger charge is -2.14. The van der Waals surface area contributed by atoms with Crippen molar-refractivity contribution < 1.29 is 9.59 Å². The molecule has 0 spiro atoms. The third kappa shape index (κ3) is 3.29. The maximum atomic E-state index is 13.4. The monoisotopic (exact) mass is 447 g/mol. The van der Waals surface area contributed by atoms with Crippen molar-refractivity contribution in [2.24, 2.45) is 0 Å². The lowest BCUT2D eigenvalue weighted by molar-refractivity contribution is -0.137. The van der Waals surface area contributed by atoms with Gasteiger partial charge in [-0.3, -0.25) is 23.7 Å². The van der Waals surface area contributed by atoms with Crippen LogP contribution in [0.25, 0.3) is 22.4 Å². The van der Waals surface area contributed by atoms with Crippen molar-refractivity contribution in [2.45, 2.75) is 31.8 Å². The van der Waals surface area contributed by atoms with Crippen LogP contribution >= 0.6 is 11.8 Å². The van der Waals surface area contributed by atoms with Gasteiger partial charge in [0.15, 0.2) is 5.16 Å². The van der Waals surface area contributed by atoms with Gasteiger partial charge in [-0.15, -0.1) is 10.2 Å². The molecule has 0 unspecified atom stereocenters. The summed E-state index contributed by atoms with van der Waals surface area (Å²) >= 11 is 1.41. The number of carbonyl (C=O) groups is 2. The molecule has 3 heterocycles. The van der Waals surface area contributed by atoms with Gasteiger partial charge in [0.25, 0.3) is 5.56 Å². The van der Waals surface area contributed by atoms with Gasteiger partial charge >= 0.3 is 0 Å². The highest BCUT2D eigenvalue weighted by molar-refractivity contribution is 7.99. The fourth-order valence-electron chi connectivity index (χ4n) is 4.15. The molecule has 9 heteroatoms. The molecule has 8 nitrogen and oxygen atoms in total. The first kappa shape index (κ1) is 20.4. The summed E-state index contributed by atoms with van der Waals surface area (Å²) in [6, 6.07) is 13.3. The summed E-state index contributed by atoms with van der Waals surface area (Å²) in [5, 5.41) is 9.87. The Kier molecular flexibility index (Phi) is 5.05. The molecule has 1 fully saturated rings. The number of benzene rings is 2. The molecule has 0 aliphatic carbocycles. The average molecular weight is 448 g/mol. The first-order valence-corrected chi connectivity index (χ1v) is 11.4. The maximum Gasteiger partial charge on any atom is 0.267 e. The molecule has 0 bridgehead atoms. The second-order valence-electron chi connectivity index (χ2n) is 7.85. The molecule has 1 aliphatic heterocycles. The van der Waals surface area contributed by atoms with Crippen molar-refractivity contribution in [3.05, 3.63) is 63.9 Å². The molecule has 1 saturated heterocycles. The summed E-state index contributed by atoms with van der Waals surface area (Å²) in [7, 11) is 0. The Morgan fingerprint density at radius 1 is 0.969 bits per heavy atom. The largest absolute Gasteiger partial charge is 0.282 e. The maximum absolute atomic E-state index is 13.4. The Morgan fingerprint density at radius 3 is 2.47 bits per heavy atom. The highest BCUT2D eigenvalue weighted by Crippen LogP contribution is 2.25. The van der Waals surface area contributed by atoms with Crippen molar-refractivity contribution in [3.8, 4) is 5.69 Å². The minimum atomic E-state index is -0.155. The number of aryl methyl sites for hydroxylation is 2. The second-order valence-corrected chi connectivity index (χ2v) is 8.92. The Morgan fingerprint density at radius 2 is 1.72 bits per heavy atom. The molecule has 2 amide bonds. The van der Waals surface area contributed by atoms with E-state index in [0.717, 1.165) is 16.8 Å². The third-order valence-corrected chi connectivity index (χ3v) is 6.60. The highest BCUT2D eigenvalue weighted by atomic mass is 32.2. The number of fused-ring (bicyclic) bond motifs is 3. The second kappa shape index (κ2) is 7.90. The van der Waals surface area contributed by atoms with Crippen LogP contribution < -0.4 is 5.56 Å². The van der Waals surface area contributed by atoms with Crippen molar-refractivity contribution >= 4 is 40.3 Å². The van der Waals surface area contributed by atoms with Crippen molar-refractivity contribution in [1.29, 1.82) is 0 Å². The van der Waals surface area contributed by atoms with Gasteiger partial charge in [0.1, 0.15) is 0 Å². The summed E-state index contributed by atoms with van der Waals surface area (Å²) in [4.78, 5) is 38.5. The predicted octanol–water partition coefficient (Wildman–Crippen LogP) is 2.89. The van der Waals surface area contributed by atoms with E-state index in [9.17, 15) is 14.4 Å². The molecule has 0 N–H and O–H groups in total. The molecule has 0 atom stereocenters. The van der Waals surface area contributed by atoms with E-state index in [2.05, 4.69) is 10.2 Å². The van der Waals surface area contributed by atoms with Crippen LogP contribution in [0.15, 0.2) is 52.4 Å². The van der Waals surface area contributed by atoms with Crippen LogP contribution in [0, 0.1) is 13.8 Å². The number of rotatable bonds is 5. The Bertz CT molecular complexity index is 1440. The number of likely N-dealkylation sites (tertiary alicyclic amines) is 1. The lowest BCUT2D eigenvalue weighted by Crippen LogP contribution is -2.31. The smallest absolute Gasteiger partial charge is 0.267 e. The SMILES string of the molecule is Cc1ccc(-n2c(=O)c3ccccc3n3c(SCCN4C(=O)CCC4=O)nnc23)c(C)c1.